The molecule has 1 N–H and O–H groups in total. The monoisotopic (exact) mass is 181 g/mol. The summed E-state index contributed by atoms with van der Waals surface area (Å²) in [7, 11) is 0. The highest BCUT2D eigenvalue weighted by molar-refractivity contribution is 5.40. The highest BCUT2D eigenvalue weighted by Crippen LogP contribution is 2.45. The van der Waals surface area contributed by atoms with Crippen molar-refractivity contribution in [3.05, 3.63) is 34.9 Å². The number of halogens is 2. The molecule has 0 spiro atoms. The van der Waals surface area contributed by atoms with Gasteiger partial charge in [0.15, 0.2) is 11.6 Å². The second-order valence-electron chi connectivity index (χ2n) is 3.74. The Hall–Kier alpha value is -0.960. The van der Waals surface area contributed by atoms with Crippen LogP contribution in [0.2, 0.25) is 0 Å². The molecule has 3 heteroatoms. The van der Waals surface area contributed by atoms with Crippen molar-refractivity contribution in [2.75, 3.05) is 0 Å². The lowest BCUT2D eigenvalue weighted by molar-refractivity contribution is 0.503. The Balaban J connectivity index is 2.22. The first-order chi connectivity index (χ1) is 6.25. The first-order valence-electron chi connectivity index (χ1n) is 4.50. The van der Waals surface area contributed by atoms with Gasteiger partial charge in [-0.25, -0.2) is 8.78 Å². The van der Waals surface area contributed by atoms with Crippen LogP contribution < -0.4 is 5.32 Å². The summed E-state index contributed by atoms with van der Waals surface area (Å²) in [6.07, 6.45) is 2.09. The van der Waals surface area contributed by atoms with E-state index >= 15 is 0 Å². The molecule has 2 atom stereocenters. The second-order valence-corrected chi connectivity index (χ2v) is 3.74. The molecule has 2 bridgehead atoms. The van der Waals surface area contributed by atoms with Gasteiger partial charge < -0.3 is 5.32 Å². The Morgan fingerprint density at radius 2 is 1.46 bits per heavy atom. The van der Waals surface area contributed by atoms with Gasteiger partial charge in [-0.1, -0.05) is 0 Å². The predicted molar refractivity (Wildman–Crippen MR) is 44.2 cm³/mol. The molecule has 1 saturated heterocycles. The first-order valence-corrected chi connectivity index (χ1v) is 4.50. The molecule has 1 fully saturated rings. The van der Waals surface area contributed by atoms with Crippen molar-refractivity contribution in [2.45, 2.75) is 24.9 Å². The van der Waals surface area contributed by atoms with Gasteiger partial charge in [0.2, 0.25) is 0 Å². The molecule has 2 aliphatic rings. The second kappa shape index (κ2) is 2.29. The van der Waals surface area contributed by atoms with Gasteiger partial charge >= 0.3 is 0 Å². The van der Waals surface area contributed by atoms with Gasteiger partial charge in [-0.05, 0) is 36.1 Å². The summed E-state index contributed by atoms with van der Waals surface area (Å²) in [4.78, 5) is 0. The highest BCUT2D eigenvalue weighted by atomic mass is 19.2. The van der Waals surface area contributed by atoms with Crippen LogP contribution in [0.15, 0.2) is 12.1 Å². The zero-order valence-electron chi connectivity index (χ0n) is 6.98. The Kier molecular flexibility index (Phi) is 1.31. The van der Waals surface area contributed by atoms with E-state index in [9.17, 15) is 8.78 Å². The van der Waals surface area contributed by atoms with Gasteiger partial charge in [0, 0.05) is 12.1 Å². The van der Waals surface area contributed by atoms with Crippen molar-refractivity contribution in [1.82, 2.24) is 5.32 Å². The van der Waals surface area contributed by atoms with E-state index in [4.69, 9.17) is 0 Å². The third kappa shape index (κ3) is 0.879. The molecular formula is C10H9F2N. The molecule has 1 nitrogen and oxygen atoms in total. The van der Waals surface area contributed by atoms with E-state index in [-0.39, 0.29) is 12.1 Å². The van der Waals surface area contributed by atoms with Gasteiger partial charge in [-0.3, -0.25) is 0 Å². The van der Waals surface area contributed by atoms with Crippen molar-refractivity contribution in [3.63, 3.8) is 0 Å². The minimum atomic E-state index is -0.729. The van der Waals surface area contributed by atoms with Crippen molar-refractivity contribution in [3.8, 4) is 0 Å². The highest BCUT2D eigenvalue weighted by Gasteiger charge is 2.36. The largest absolute Gasteiger partial charge is 0.303 e. The quantitative estimate of drug-likeness (QED) is 0.648. The van der Waals surface area contributed by atoms with E-state index < -0.39 is 11.6 Å². The number of fused-ring (bicyclic) bond motifs is 5. The first kappa shape index (κ1) is 7.44. The maximum absolute atomic E-state index is 12.9. The van der Waals surface area contributed by atoms with E-state index in [0.717, 1.165) is 24.0 Å². The van der Waals surface area contributed by atoms with Crippen LogP contribution in [0.4, 0.5) is 8.78 Å². The molecule has 0 radical (unpaired) electrons. The number of hydrogen-bond donors (Lipinski definition) is 1. The standard InChI is InChI=1S/C10H9F2N/c11-7-3-5-6(4-8(7)12)10-2-1-9(5)13-10/h3-4,9-10,13H,1-2H2/t9-,10+. The fraction of sp³-hybridized carbons (Fsp3) is 0.400. The van der Waals surface area contributed by atoms with Gasteiger partial charge in [-0.2, -0.15) is 0 Å². The number of benzene rings is 1. The molecule has 0 unspecified atom stereocenters. The van der Waals surface area contributed by atoms with Gasteiger partial charge in [0.1, 0.15) is 0 Å². The van der Waals surface area contributed by atoms with E-state index in [1.165, 1.54) is 12.1 Å². The summed E-state index contributed by atoms with van der Waals surface area (Å²) >= 11 is 0. The third-order valence-corrected chi connectivity index (χ3v) is 3.02. The lowest BCUT2D eigenvalue weighted by Crippen LogP contribution is -2.05. The van der Waals surface area contributed by atoms with Gasteiger partial charge in [-0.15, -0.1) is 0 Å². The van der Waals surface area contributed by atoms with Crippen LogP contribution in [0, 0.1) is 11.6 Å². The van der Waals surface area contributed by atoms with Crippen LogP contribution in [0.25, 0.3) is 0 Å². The summed E-state index contributed by atoms with van der Waals surface area (Å²) in [5, 5.41) is 3.31. The van der Waals surface area contributed by atoms with Gasteiger partial charge in [0.25, 0.3) is 0 Å². The van der Waals surface area contributed by atoms with Crippen LogP contribution in [0.3, 0.4) is 0 Å². The normalized spacial score (nSPS) is 29.4. The molecular weight excluding hydrogens is 172 g/mol. The molecule has 1 aromatic carbocycles. The van der Waals surface area contributed by atoms with Crippen molar-refractivity contribution >= 4 is 0 Å². The molecule has 0 aromatic heterocycles. The maximum Gasteiger partial charge on any atom is 0.159 e. The molecule has 0 saturated carbocycles. The van der Waals surface area contributed by atoms with E-state index in [1.807, 2.05) is 0 Å². The summed E-state index contributed by atoms with van der Waals surface area (Å²) in [5.74, 6) is -1.46. The van der Waals surface area contributed by atoms with Crippen LogP contribution in [-0.2, 0) is 0 Å². The Morgan fingerprint density at radius 1 is 1.00 bits per heavy atom. The lowest BCUT2D eigenvalue weighted by atomic mass is 9.92. The molecule has 2 aliphatic heterocycles. The fourth-order valence-corrected chi connectivity index (χ4v) is 2.41. The minimum absolute atomic E-state index is 0.259. The van der Waals surface area contributed by atoms with Crippen molar-refractivity contribution < 1.29 is 8.78 Å². The number of nitrogens with one attached hydrogen (secondary N) is 1. The molecule has 68 valence electrons. The summed E-state index contributed by atoms with van der Waals surface area (Å²) in [6, 6.07) is 3.19. The average molecular weight is 181 g/mol. The molecule has 1 aromatic rings. The zero-order valence-corrected chi connectivity index (χ0v) is 6.98. The molecule has 13 heavy (non-hydrogen) atoms. The van der Waals surface area contributed by atoms with E-state index in [0.29, 0.717) is 0 Å². The number of rotatable bonds is 0. The molecule has 0 aliphatic carbocycles. The number of hydrogen-bond acceptors (Lipinski definition) is 1. The fourth-order valence-electron chi connectivity index (χ4n) is 2.41. The van der Waals surface area contributed by atoms with Crippen LogP contribution in [0.1, 0.15) is 36.1 Å². The Morgan fingerprint density at radius 3 is 1.92 bits per heavy atom. The van der Waals surface area contributed by atoms with E-state index in [2.05, 4.69) is 5.32 Å². The van der Waals surface area contributed by atoms with Crippen molar-refractivity contribution in [2.24, 2.45) is 0 Å². The topological polar surface area (TPSA) is 12.0 Å². The van der Waals surface area contributed by atoms with E-state index in [1.54, 1.807) is 0 Å². The van der Waals surface area contributed by atoms with Crippen LogP contribution >= 0.6 is 0 Å². The predicted octanol–water partition coefficient (Wildman–Crippen LogP) is 2.44. The Labute approximate surface area is 74.8 Å². The summed E-state index contributed by atoms with van der Waals surface area (Å²) in [5.41, 5.74) is 1.91. The van der Waals surface area contributed by atoms with Crippen LogP contribution in [0.5, 0.6) is 0 Å². The lowest BCUT2D eigenvalue weighted by Gasteiger charge is -2.12. The summed E-state index contributed by atoms with van der Waals surface area (Å²) < 4.78 is 25.8. The Bertz CT molecular complexity index is 340. The average Bonchev–Trinajstić information content (AvgIpc) is 2.67. The molecule has 0 amide bonds. The van der Waals surface area contributed by atoms with Gasteiger partial charge in [0.05, 0.1) is 0 Å². The van der Waals surface area contributed by atoms with Crippen molar-refractivity contribution in [1.29, 1.82) is 0 Å². The third-order valence-electron chi connectivity index (χ3n) is 3.02. The zero-order chi connectivity index (χ0) is 9.00. The summed E-state index contributed by atoms with van der Waals surface area (Å²) in [6.45, 7) is 0. The maximum atomic E-state index is 12.9. The molecule has 3 rings (SSSR count). The van der Waals surface area contributed by atoms with Crippen LogP contribution in [-0.4, -0.2) is 0 Å². The SMILES string of the molecule is Fc1cc2c(cc1F)[C@H]1CC[C@@H]2N1. The smallest absolute Gasteiger partial charge is 0.159 e. The minimum Gasteiger partial charge on any atom is -0.303 e. The molecule has 2 heterocycles.